The molecule has 0 saturated heterocycles. The Morgan fingerprint density at radius 2 is 1.82 bits per heavy atom. The minimum Gasteiger partial charge on any atom is -0.492 e. The number of unbranched alkanes of at least 4 members (excludes halogenated alkanes) is 1. The number of sulfone groups is 1. The Balaban J connectivity index is 1.64. The number of fused-ring (bicyclic) bond motifs is 1. The van der Waals surface area contributed by atoms with Gasteiger partial charge in [0.05, 0.1) is 10.9 Å². The van der Waals surface area contributed by atoms with Crippen molar-refractivity contribution >= 4 is 9.84 Å². The number of pyridine rings is 1. The van der Waals surface area contributed by atoms with Crippen LogP contribution in [0.25, 0.3) is 11.1 Å². The van der Waals surface area contributed by atoms with E-state index in [0.717, 1.165) is 53.6 Å². The number of hydrogen-bond acceptors (Lipinski definition) is 6. The molecule has 0 saturated carbocycles. The Bertz CT molecular complexity index is 1640. The van der Waals surface area contributed by atoms with Crippen molar-refractivity contribution in [2.24, 2.45) is 0 Å². The third kappa shape index (κ3) is 4.65. The first-order chi connectivity index (χ1) is 18.3. The summed E-state index contributed by atoms with van der Waals surface area (Å²) in [6.07, 6.45) is 6.29. The second-order valence-electron chi connectivity index (χ2n) is 9.73. The standard InChI is InChI=1S/C30H31N3O4S/c1-3-4-14-27-32-29(34)28(30(35)33(27)26-13-7-10-21-9-5-6-11-25(21)26)38(36,37)23-17-15-22(16-18-23)24-12-8-19-31-20(24)2/h5-6,8-9,11-12,15-19,26,34H,3-4,7,10,13-14H2,1-2H3/t26-/m0/s1. The summed E-state index contributed by atoms with van der Waals surface area (Å²) in [5, 5.41) is 10.8. The molecule has 0 unspecified atom stereocenters. The minimum absolute atomic E-state index is 0.0751. The van der Waals surface area contributed by atoms with Crippen molar-refractivity contribution in [3.05, 3.63) is 99.9 Å². The fourth-order valence-electron chi connectivity index (χ4n) is 5.33. The van der Waals surface area contributed by atoms with Gasteiger partial charge in [-0.2, -0.15) is 4.98 Å². The average molecular weight is 530 g/mol. The summed E-state index contributed by atoms with van der Waals surface area (Å²) in [6.45, 7) is 3.92. The lowest BCUT2D eigenvalue weighted by Gasteiger charge is -2.29. The zero-order chi connectivity index (χ0) is 26.9. The predicted octanol–water partition coefficient (Wildman–Crippen LogP) is 5.42. The summed E-state index contributed by atoms with van der Waals surface area (Å²) < 4.78 is 29.1. The lowest BCUT2D eigenvalue weighted by molar-refractivity contribution is 0.396. The molecule has 0 bridgehead atoms. The highest BCUT2D eigenvalue weighted by atomic mass is 32.2. The van der Waals surface area contributed by atoms with Crippen molar-refractivity contribution in [1.82, 2.24) is 14.5 Å². The van der Waals surface area contributed by atoms with Crippen LogP contribution >= 0.6 is 0 Å². The van der Waals surface area contributed by atoms with E-state index >= 15 is 0 Å². The normalized spacial score (nSPS) is 15.3. The van der Waals surface area contributed by atoms with E-state index in [0.29, 0.717) is 18.7 Å². The molecule has 4 aromatic rings. The van der Waals surface area contributed by atoms with E-state index in [1.54, 1.807) is 18.3 Å². The molecule has 1 aliphatic carbocycles. The number of benzene rings is 2. The van der Waals surface area contributed by atoms with Crippen LogP contribution in [-0.4, -0.2) is 28.1 Å². The van der Waals surface area contributed by atoms with E-state index in [2.05, 4.69) is 16.0 Å². The summed E-state index contributed by atoms with van der Waals surface area (Å²) in [4.78, 5) is 21.9. The number of hydrogen-bond donors (Lipinski definition) is 1. The molecule has 8 heteroatoms. The summed E-state index contributed by atoms with van der Waals surface area (Å²) in [6, 6.07) is 17.7. The Morgan fingerprint density at radius 1 is 1.05 bits per heavy atom. The van der Waals surface area contributed by atoms with Gasteiger partial charge >= 0.3 is 0 Å². The highest BCUT2D eigenvalue weighted by Crippen LogP contribution is 2.35. The molecule has 2 aromatic heterocycles. The largest absolute Gasteiger partial charge is 0.492 e. The smallest absolute Gasteiger partial charge is 0.277 e. The lowest BCUT2D eigenvalue weighted by Crippen LogP contribution is -2.35. The first kappa shape index (κ1) is 25.9. The molecule has 0 spiro atoms. The molecule has 0 aliphatic heterocycles. The van der Waals surface area contributed by atoms with E-state index in [1.165, 1.54) is 16.7 Å². The molecule has 196 valence electrons. The molecule has 0 radical (unpaired) electrons. The third-order valence-corrected chi connectivity index (χ3v) is 9.07. The summed E-state index contributed by atoms with van der Waals surface area (Å²) in [7, 11) is -4.35. The van der Waals surface area contributed by atoms with Crippen LogP contribution in [-0.2, 0) is 22.7 Å². The van der Waals surface area contributed by atoms with Crippen LogP contribution in [0.15, 0.2) is 81.4 Å². The average Bonchev–Trinajstić information content (AvgIpc) is 2.92. The van der Waals surface area contributed by atoms with Gasteiger partial charge in [0.15, 0.2) is 4.90 Å². The van der Waals surface area contributed by atoms with E-state index in [9.17, 15) is 18.3 Å². The van der Waals surface area contributed by atoms with E-state index < -0.39 is 26.2 Å². The molecule has 38 heavy (non-hydrogen) atoms. The molecule has 0 fully saturated rings. The van der Waals surface area contributed by atoms with Crippen molar-refractivity contribution in [3.8, 4) is 17.0 Å². The van der Waals surface area contributed by atoms with Gasteiger partial charge < -0.3 is 5.11 Å². The summed E-state index contributed by atoms with van der Waals surface area (Å²) >= 11 is 0. The van der Waals surface area contributed by atoms with E-state index in [1.807, 2.05) is 44.2 Å². The van der Waals surface area contributed by atoms with E-state index in [4.69, 9.17) is 0 Å². The van der Waals surface area contributed by atoms with Gasteiger partial charge in [-0.1, -0.05) is 55.8 Å². The second kappa shape index (κ2) is 10.5. The Kier molecular flexibility index (Phi) is 7.17. The molecule has 1 N–H and O–H groups in total. The van der Waals surface area contributed by atoms with Gasteiger partial charge in [0.25, 0.3) is 5.56 Å². The monoisotopic (exact) mass is 529 g/mol. The molecule has 0 amide bonds. The van der Waals surface area contributed by atoms with Crippen LogP contribution in [0.1, 0.15) is 61.3 Å². The maximum Gasteiger partial charge on any atom is 0.277 e. The Morgan fingerprint density at radius 3 is 2.55 bits per heavy atom. The molecule has 7 nitrogen and oxygen atoms in total. The van der Waals surface area contributed by atoms with Crippen LogP contribution in [0.2, 0.25) is 0 Å². The predicted molar refractivity (Wildman–Crippen MR) is 146 cm³/mol. The first-order valence-corrected chi connectivity index (χ1v) is 14.5. The maximum atomic E-state index is 14.0. The Labute approximate surface area is 222 Å². The van der Waals surface area contributed by atoms with Crippen molar-refractivity contribution in [2.45, 2.75) is 68.2 Å². The number of aromatic hydroxyl groups is 1. The summed E-state index contributed by atoms with van der Waals surface area (Å²) in [5.41, 5.74) is 3.95. The molecule has 1 aliphatic rings. The second-order valence-corrected chi connectivity index (χ2v) is 11.6. The van der Waals surface area contributed by atoms with Gasteiger partial charge in [0, 0.05) is 23.9 Å². The fourth-order valence-corrected chi connectivity index (χ4v) is 6.68. The zero-order valence-electron chi connectivity index (χ0n) is 21.6. The van der Waals surface area contributed by atoms with Crippen LogP contribution in [0.3, 0.4) is 0 Å². The van der Waals surface area contributed by atoms with Gasteiger partial charge in [-0.3, -0.25) is 14.3 Å². The van der Waals surface area contributed by atoms with Crippen LogP contribution < -0.4 is 5.56 Å². The first-order valence-electron chi connectivity index (χ1n) is 13.0. The molecular formula is C30H31N3O4S. The number of aryl methyl sites for hydroxylation is 3. The van der Waals surface area contributed by atoms with Gasteiger partial charge in [-0.25, -0.2) is 8.42 Å². The Hall–Kier alpha value is -3.78. The van der Waals surface area contributed by atoms with Gasteiger partial charge in [-0.15, -0.1) is 0 Å². The van der Waals surface area contributed by atoms with Gasteiger partial charge in [-0.05, 0) is 67.5 Å². The van der Waals surface area contributed by atoms with Crippen molar-refractivity contribution in [3.63, 3.8) is 0 Å². The number of nitrogens with zero attached hydrogens (tertiary/aromatic N) is 3. The van der Waals surface area contributed by atoms with Crippen LogP contribution in [0.5, 0.6) is 5.88 Å². The quantitative estimate of drug-likeness (QED) is 0.343. The van der Waals surface area contributed by atoms with Gasteiger partial charge in [0.2, 0.25) is 15.7 Å². The lowest BCUT2D eigenvalue weighted by atomic mass is 9.87. The topological polar surface area (TPSA) is 102 Å². The van der Waals surface area contributed by atoms with Crippen molar-refractivity contribution in [1.29, 1.82) is 0 Å². The van der Waals surface area contributed by atoms with Crippen molar-refractivity contribution < 1.29 is 13.5 Å². The fraction of sp³-hybridized carbons (Fsp3) is 0.300. The molecule has 2 heterocycles. The molecule has 5 rings (SSSR count). The highest BCUT2D eigenvalue weighted by molar-refractivity contribution is 7.91. The summed E-state index contributed by atoms with van der Waals surface area (Å²) in [5.74, 6) is -0.328. The van der Waals surface area contributed by atoms with Crippen LogP contribution in [0, 0.1) is 6.92 Å². The molecular weight excluding hydrogens is 498 g/mol. The van der Waals surface area contributed by atoms with E-state index in [-0.39, 0.29) is 10.9 Å². The third-order valence-electron chi connectivity index (χ3n) is 7.28. The van der Waals surface area contributed by atoms with Gasteiger partial charge in [0.1, 0.15) is 5.82 Å². The molecule has 2 aromatic carbocycles. The van der Waals surface area contributed by atoms with Crippen LogP contribution in [0.4, 0.5) is 0 Å². The SMILES string of the molecule is CCCCc1nc(O)c(S(=O)(=O)c2ccc(-c3cccnc3C)cc2)c(=O)n1[C@H]1CCCc2ccccc21. The maximum absolute atomic E-state index is 14.0. The number of rotatable bonds is 7. The van der Waals surface area contributed by atoms with Crippen molar-refractivity contribution in [2.75, 3.05) is 0 Å². The highest BCUT2D eigenvalue weighted by Gasteiger charge is 2.33. The molecule has 1 atom stereocenters. The zero-order valence-corrected chi connectivity index (χ0v) is 22.4. The number of aromatic nitrogens is 3. The minimum atomic E-state index is -4.35.